The van der Waals surface area contributed by atoms with Crippen molar-refractivity contribution in [1.29, 1.82) is 0 Å². The fourth-order valence-electron chi connectivity index (χ4n) is 6.81. The standard InChI is InChI=1S/C23H17F4N5O2.C20H12F4N4O2.2CH4/c24-18-4-2-1-3-16(18)15-12-28-22(29-13-15)32-19-11-14(21(33)31-7-9-34-10-8-31)5-6-17(19)20(30-32)23(25,26)27;1-30-18(29)11-6-7-14-16(8-11)28(27-17(14)20(22,23)24)19-25-9-12(10-26-19)13-4-2-3-5-15(13)21;;/h1-6,11-13H,7-10H2;2-10H,1H3;2*1H4. The van der Waals surface area contributed by atoms with Crippen molar-refractivity contribution in [3.63, 3.8) is 0 Å². The molecule has 0 unspecified atom stereocenters. The van der Waals surface area contributed by atoms with Crippen molar-refractivity contribution in [2.75, 3.05) is 33.4 Å². The fourth-order valence-corrected chi connectivity index (χ4v) is 6.81. The average molecular weight is 920 g/mol. The third kappa shape index (κ3) is 9.55. The normalized spacial score (nSPS) is 12.8. The molecule has 0 spiro atoms. The van der Waals surface area contributed by atoms with Crippen molar-refractivity contribution in [3.05, 3.63) is 144 Å². The lowest BCUT2D eigenvalue weighted by Crippen LogP contribution is -2.40. The Kier molecular flexibility index (Phi) is 13.9. The Hall–Kier alpha value is -7.68. The van der Waals surface area contributed by atoms with Gasteiger partial charge in [0.2, 0.25) is 0 Å². The maximum Gasteiger partial charge on any atom is 0.435 e. The summed E-state index contributed by atoms with van der Waals surface area (Å²) in [6.45, 7) is 1.58. The van der Waals surface area contributed by atoms with Gasteiger partial charge in [0.05, 0.1) is 36.9 Å². The SMILES string of the molecule is C.C.COC(=O)c1ccc2c(C(F)(F)F)nn(-c3ncc(-c4ccccc4F)cn3)c2c1.O=C(c1ccc2c(C(F)(F)F)nn(-c3ncc(-c4ccccc4F)cn3)c2c1)N1CCOCC1. The Morgan fingerprint density at radius 1 is 0.606 bits per heavy atom. The molecular weight excluding hydrogens is 883 g/mol. The maximum atomic E-state index is 14.1. The number of esters is 1. The van der Waals surface area contributed by atoms with E-state index in [2.05, 4.69) is 34.9 Å². The molecule has 21 heteroatoms. The fraction of sp³-hybridized carbons (Fsp3) is 0.200. The molecule has 5 heterocycles. The van der Waals surface area contributed by atoms with Crippen molar-refractivity contribution < 1.29 is 54.2 Å². The number of fused-ring (bicyclic) bond motifs is 2. The van der Waals surface area contributed by atoms with E-state index >= 15 is 0 Å². The van der Waals surface area contributed by atoms with Gasteiger partial charge in [0, 0.05) is 76.5 Å². The number of carbonyl (C=O) groups is 2. The third-order valence-corrected chi connectivity index (χ3v) is 9.89. The quantitative estimate of drug-likeness (QED) is 0.117. The van der Waals surface area contributed by atoms with Crippen molar-refractivity contribution in [2.45, 2.75) is 27.2 Å². The number of hydrogen-bond donors (Lipinski definition) is 0. The molecule has 4 aromatic heterocycles. The van der Waals surface area contributed by atoms with Crippen molar-refractivity contribution in [2.24, 2.45) is 0 Å². The van der Waals surface area contributed by atoms with Crippen LogP contribution in [-0.4, -0.2) is 89.7 Å². The zero-order valence-electron chi connectivity index (χ0n) is 32.9. The number of methoxy groups -OCH3 is 1. The molecule has 1 saturated heterocycles. The molecule has 0 saturated carbocycles. The second kappa shape index (κ2) is 19.2. The van der Waals surface area contributed by atoms with E-state index in [0.717, 1.165) is 22.5 Å². The zero-order chi connectivity index (χ0) is 45.3. The molecule has 0 N–H and O–H groups in total. The highest BCUT2D eigenvalue weighted by atomic mass is 19.4. The summed E-state index contributed by atoms with van der Waals surface area (Å²) >= 11 is 0. The highest BCUT2D eigenvalue weighted by Crippen LogP contribution is 2.37. The minimum Gasteiger partial charge on any atom is -0.465 e. The predicted octanol–water partition coefficient (Wildman–Crippen LogP) is 9.81. The number of carbonyl (C=O) groups excluding carboxylic acids is 2. The van der Waals surface area contributed by atoms with Crippen LogP contribution in [0.4, 0.5) is 35.1 Å². The van der Waals surface area contributed by atoms with Crippen LogP contribution in [0.15, 0.2) is 110 Å². The van der Waals surface area contributed by atoms with Crippen molar-refractivity contribution >= 4 is 33.7 Å². The van der Waals surface area contributed by atoms with E-state index in [4.69, 9.17) is 4.74 Å². The van der Waals surface area contributed by atoms with E-state index in [0.29, 0.717) is 37.4 Å². The minimum absolute atomic E-state index is 0. The van der Waals surface area contributed by atoms with Gasteiger partial charge in [-0.05, 0) is 48.5 Å². The first kappa shape index (κ1) is 47.8. The monoisotopic (exact) mass is 919 g/mol. The number of nitrogens with zero attached hydrogens (tertiary/aromatic N) is 9. The van der Waals surface area contributed by atoms with Gasteiger partial charge in [0.1, 0.15) is 11.6 Å². The Labute approximate surface area is 370 Å². The molecule has 342 valence electrons. The molecule has 1 amide bonds. The smallest absolute Gasteiger partial charge is 0.435 e. The summed E-state index contributed by atoms with van der Waals surface area (Å²) in [4.78, 5) is 42.6. The van der Waals surface area contributed by atoms with Crippen LogP contribution in [0, 0.1) is 11.6 Å². The first-order valence-corrected chi connectivity index (χ1v) is 18.9. The second-order valence-electron chi connectivity index (χ2n) is 13.9. The number of rotatable bonds is 6. The molecule has 66 heavy (non-hydrogen) atoms. The van der Waals surface area contributed by atoms with E-state index < -0.39 is 41.3 Å². The van der Waals surface area contributed by atoms with Crippen LogP contribution >= 0.6 is 0 Å². The third-order valence-electron chi connectivity index (χ3n) is 9.89. The van der Waals surface area contributed by atoms with Crippen LogP contribution in [0.2, 0.25) is 0 Å². The average Bonchev–Trinajstić information content (AvgIpc) is 3.89. The number of amides is 1. The number of ether oxygens (including phenoxy) is 2. The minimum atomic E-state index is -4.73. The van der Waals surface area contributed by atoms with Gasteiger partial charge in [-0.15, -0.1) is 0 Å². The summed E-state index contributed by atoms with van der Waals surface area (Å²) in [6.07, 6.45) is -4.28. The molecule has 1 fully saturated rings. The van der Waals surface area contributed by atoms with Crippen LogP contribution in [0.25, 0.3) is 56.0 Å². The number of alkyl halides is 6. The van der Waals surface area contributed by atoms with E-state index in [1.54, 1.807) is 29.2 Å². The van der Waals surface area contributed by atoms with Crippen LogP contribution < -0.4 is 0 Å². The first-order valence-electron chi connectivity index (χ1n) is 18.9. The molecule has 1 aliphatic rings. The van der Waals surface area contributed by atoms with Gasteiger partial charge < -0.3 is 14.4 Å². The van der Waals surface area contributed by atoms with E-state index in [-0.39, 0.29) is 76.7 Å². The van der Waals surface area contributed by atoms with Crippen LogP contribution in [0.1, 0.15) is 47.0 Å². The van der Waals surface area contributed by atoms with Crippen LogP contribution in [-0.2, 0) is 21.8 Å². The Balaban J connectivity index is 0.000000213. The molecular formula is C45H37F8N9O4. The summed E-state index contributed by atoms with van der Waals surface area (Å²) in [7, 11) is 1.16. The summed E-state index contributed by atoms with van der Waals surface area (Å²) in [5.74, 6) is -2.31. The largest absolute Gasteiger partial charge is 0.465 e. The summed E-state index contributed by atoms with van der Waals surface area (Å²) in [5.41, 5.74) is -0.779. The van der Waals surface area contributed by atoms with Gasteiger partial charge >= 0.3 is 18.3 Å². The molecule has 4 aromatic carbocycles. The number of aromatic nitrogens is 8. The number of halogens is 8. The highest BCUT2D eigenvalue weighted by Gasteiger charge is 2.39. The first-order chi connectivity index (χ1) is 30.6. The van der Waals surface area contributed by atoms with Gasteiger partial charge in [0.15, 0.2) is 11.4 Å². The zero-order valence-corrected chi connectivity index (χ0v) is 32.9. The molecule has 0 bridgehead atoms. The number of morpholine rings is 1. The Morgan fingerprint density at radius 3 is 1.42 bits per heavy atom. The Bertz CT molecular complexity index is 3020. The molecule has 0 radical (unpaired) electrons. The molecule has 0 aliphatic carbocycles. The molecule has 8 aromatic rings. The van der Waals surface area contributed by atoms with E-state index in [1.165, 1.54) is 79.4 Å². The van der Waals surface area contributed by atoms with E-state index in [1.807, 2.05) is 0 Å². The lowest BCUT2D eigenvalue weighted by atomic mass is 10.1. The number of benzene rings is 4. The summed E-state index contributed by atoms with van der Waals surface area (Å²) in [6, 6.07) is 19.5. The molecule has 13 nitrogen and oxygen atoms in total. The predicted molar refractivity (Wildman–Crippen MR) is 226 cm³/mol. The number of hydrogen-bond acceptors (Lipinski definition) is 10. The van der Waals surface area contributed by atoms with Gasteiger partial charge in [-0.1, -0.05) is 51.3 Å². The maximum absolute atomic E-state index is 14.1. The summed E-state index contributed by atoms with van der Waals surface area (Å²) in [5, 5.41) is 6.92. The van der Waals surface area contributed by atoms with Gasteiger partial charge in [0.25, 0.3) is 17.8 Å². The van der Waals surface area contributed by atoms with Gasteiger partial charge in [-0.3, -0.25) is 4.79 Å². The highest BCUT2D eigenvalue weighted by molar-refractivity contribution is 5.99. The topological polar surface area (TPSA) is 143 Å². The van der Waals surface area contributed by atoms with Crippen molar-refractivity contribution in [3.8, 4) is 34.2 Å². The molecule has 1 aliphatic heterocycles. The van der Waals surface area contributed by atoms with Crippen LogP contribution in [0.3, 0.4) is 0 Å². The Morgan fingerprint density at radius 2 is 1.02 bits per heavy atom. The lowest BCUT2D eigenvalue weighted by molar-refractivity contribution is -0.140. The van der Waals surface area contributed by atoms with Crippen molar-refractivity contribution in [1.82, 2.24) is 44.4 Å². The van der Waals surface area contributed by atoms with E-state index in [9.17, 15) is 44.7 Å². The summed E-state index contributed by atoms with van der Waals surface area (Å²) < 4.78 is 121. The molecule has 0 atom stereocenters. The van der Waals surface area contributed by atoms with Crippen LogP contribution in [0.5, 0.6) is 0 Å². The molecule has 9 rings (SSSR count). The van der Waals surface area contributed by atoms with Gasteiger partial charge in [-0.2, -0.15) is 45.9 Å². The van der Waals surface area contributed by atoms with Gasteiger partial charge in [-0.25, -0.2) is 33.5 Å². The lowest BCUT2D eigenvalue weighted by Gasteiger charge is -2.26. The second-order valence-corrected chi connectivity index (χ2v) is 13.9.